The Bertz CT molecular complexity index is 336. The van der Waals surface area contributed by atoms with E-state index in [1.54, 1.807) is 6.92 Å². The molecule has 1 N–H and O–H groups in total. The van der Waals surface area contributed by atoms with Crippen molar-refractivity contribution >= 4 is 11.9 Å². The van der Waals surface area contributed by atoms with E-state index >= 15 is 0 Å². The molecule has 0 aromatic rings. The Kier molecular flexibility index (Phi) is 16.2. The summed E-state index contributed by atoms with van der Waals surface area (Å²) < 4.78 is 9.60. The Morgan fingerprint density at radius 2 is 1.91 bits per heavy atom. The summed E-state index contributed by atoms with van der Waals surface area (Å²) in [6, 6.07) is 0. The van der Waals surface area contributed by atoms with E-state index in [2.05, 4.69) is 24.8 Å². The lowest BCUT2D eigenvalue weighted by Gasteiger charge is -2.14. The zero-order chi connectivity index (χ0) is 17.4. The number of aliphatic hydroxyl groups is 1. The van der Waals surface area contributed by atoms with Gasteiger partial charge >= 0.3 is 11.9 Å². The molecule has 0 spiro atoms. The van der Waals surface area contributed by atoms with Crippen molar-refractivity contribution in [3.8, 4) is 0 Å². The van der Waals surface area contributed by atoms with Crippen LogP contribution in [0.5, 0.6) is 0 Å². The van der Waals surface area contributed by atoms with Crippen LogP contribution < -0.4 is 0 Å². The minimum absolute atomic E-state index is 0.0473. The molecule has 128 valence electrons. The van der Waals surface area contributed by atoms with Gasteiger partial charge in [0.1, 0.15) is 12.7 Å². The zero-order valence-electron chi connectivity index (χ0n) is 14.1. The highest BCUT2D eigenvalue weighted by atomic mass is 16.5. The molecule has 22 heavy (non-hydrogen) atoms. The lowest BCUT2D eigenvalue weighted by molar-refractivity contribution is -0.143. The van der Waals surface area contributed by atoms with Crippen LogP contribution in [0.15, 0.2) is 24.8 Å². The fraction of sp³-hybridized carbons (Fsp3) is 0.647. The van der Waals surface area contributed by atoms with Crippen LogP contribution in [-0.2, 0) is 19.1 Å². The Morgan fingerprint density at radius 1 is 1.27 bits per heavy atom. The number of aliphatic hydroxyl groups excluding tert-OH is 1. The van der Waals surface area contributed by atoms with Gasteiger partial charge in [-0.2, -0.15) is 0 Å². The largest absolute Gasteiger partial charge is 0.460 e. The lowest BCUT2D eigenvalue weighted by atomic mass is 10.1. The highest BCUT2D eigenvalue weighted by molar-refractivity contribution is 5.86. The molecule has 0 aliphatic carbocycles. The summed E-state index contributed by atoms with van der Waals surface area (Å²) >= 11 is 0. The number of hydrogen-bond donors (Lipinski definition) is 1. The van der Waals surface area contributed by atoms with Crippen molar-refractivity contribution in [2.45, 2.75) is 59.0 Å². The number of carbonyl (C=O) groups is 2. The summed E-state index contributed by atoms with van der Waals surface area (Å²) in [5, 5.41) is 8.19. The molecule has 1 unspecified atom stereocenters. The molecule has 0 aliphatic rings. The van der Waals surface area contributed by atoms with Crippen LogP contribution in [0.4, 0.5) is 0 Å². The third-order valence-electron chi connectivity index (χ3n) is 2.71. The molecule has 0 rings (SSSR count). The van der Waals surface area contributed by atoms with Crippen LogP contribution in [0.2, 0.25) is 0 Å². The smallest absolute Gasteiger partial charge is 0.333 e. The molecular formula is C17H30O5. The number of hydrogen-bond acceptors (Lipinski definition) is 5. The highest BCUT2D eigenvalue weighted by Crippen LogP contribution is 2.10. The summed E-state index contributed by atoms with van der Waals surface area (Å²) in [7, 11) is 0. The standard InChI is InChI=1S/C11H20O2.C6H10O3/c1-4-7-8-9-10(5-2)13-11(12)6-3;1-5(2)6(8)9-4-3-7/h6,10H,3-5,7-9H2,1-2H3;7H,1,3-4H2,2H3. The maximum atomic E-state index is 10.9. The zero-order valence-corrected chi connectivity index (χ0v) is 14.1. The maximum Gasteiger partial charge on any atom is 0.333 e. The first kappa shape index (κ1) is 22.7. The third kappa shape index (κ3) is 14.8. The van der Waals surface area contributed by atoms with Gasteiger partial charge in [0.2, 0.25) is 0 Å². The second-order valence-corrected chi connectivity index (χ2v) is 4.81. The maximum absolute atomic E-state index is 10.9. The van der Waals surface area contributed by atoms with Crippen LogP contribution in [0.3, 0.4) is 0 Å². The van der Waals surface area contributed by atoms with Gasteiger partial charge in [0.25, 0.3) is 0 Å². The van der Waals surface area contributed by atoms with Crippen molar-refractivity contribution in [1.29, 1.82) is 0 Å². The first-order chi connectivity index (χ1) is 10.4. The number of esters is 2. The summed E-state index contributed by atoms with van der Waals surface area (Å²) in [5.74, 6) is -0.757. The third-order valence-corrected chi connectivity index (χ3v) is 2.71. The second-order valence-electron chi connectivity index (χ2n) is 4.81. The lowest BCUT2D eigenvalue weighted by Crippen LogP contribution is -2.15. The quantitative estimate of drug-likeness (QED) is 0.381. The molecule has 0 radical (unpaired) electrons. The van der Waals surface area contributed by atoms with Gasteiger partial charge in [-0.1, -0.05) is 39.8 Å². The molecule has 0 bridgehead atoms. The molecule has 0 aromatic carbocycles. The monoisotopic (exact) mass is 314 g/mol. The summed E-state index contributed by atoms with van der Waals surface area (Å²) in [5.41, 5.74) is 0.350. The molecule has 0 aromatic heterocycles. The SMILES string of the molecule is C=C(C)C(=O)OCCO.C=CC(=O)OC(CC)CCCCC. The van der Waals surface area contributed by atoms with Gasteiger partial charge in [-0.25, -0.2) is 9.59 Å². The topological polar surface area (TPSA) is 72.8 Å². The predicted molar refractivity (Wildman–Crippen MR) is 87.4 cm³/mol. The van der Waals surface area contributed by atoms with Crippen LogP contribution in [-0.4, -0.2) is 36.4 Å². The molecular weight excluding hydrogens is 284 g/mol. The van der Waals surface area contributed by atoms with Crippen molar-refractivity contribution in [3.63, 3.8) is 0 Å². The van der Waals surface area contributed by atoms with E-state index in [4.69, 9.17) is 9.84 Å². The molecule has 1 atom stereocenters. The van der Waals surface area contributed by atoms with Crippen molar-refractivity contribution in [1.82, 2.24) is 0 Å². The first-order valence-corrected chi connectivity index (χ1v) is 7.69. The van der Waals surface area contributed by atoms with E-state index in [-0.39, 0.29) is 25.3 Å². The second kappa shape index (κ2) is 15.8. The molecule has 0 fully saturated rings. The average molecular weight is 314 g/mol. The predicted octanol–water partition coefficient (Wildman–Crippen LogP) is 3.17. The van der Waals surface area contributed by atoms with Crippen molar-refractivity contribution in [2.24, 2.45) is 0 Å². The Hall–Kier alpha value is -1.62. The Labute approximate surface area is 134 Å². The van der Waals surface area contributed by atoms with E-state index < -0.39 is 5.97 Å². The molecule has 0 amide bonds. The number of unbranched alkanes of at least 4 members (excludes halogenated alkanes) is 2. The van der Waals surface area contributed by atoms with Gasteiger partial charge in [-0.05, 0) is 26.2 Å². The van der Waals surface area contributed by atoms with Gasteiger partial charge in [0, 0.05) is 11.6 Å². The van der Waals surface area contributed by atoms with Crippen molar-refractivity contribution < 1.29 is 24.2 Å². The molecule has 0 aliphatic heterocycles. The van der Waals surface area contributed by atoms with Crippen molar-refractivity contribution in [2.75, 3.05) is 13.2 Å². The van der Waals surface area contributed by atoms with Crippen molar-refractivity contribution in [3.05, 3.63) is 24.8 Å². The van der Waals surface area contributed by atoms with Gasteiger partial charge in [0.15, 0.2) is 0 Å². The molecule has 0 saturated carbocycles. The summed E-state index contributed by atoms with van der Waals surface area (Å²) in [6.45, 7) is 12.4. The van der Waals surface area contributed by atoms with Gasteiger partial charge in [-0.15, -0.1) is 0 Å². The molecule has 5 nitrogen and oxygen atoms in total. The van der Waals surface area contributed by atoms with E-state index in [0.717, 1.165) is 19.3 Å². The summed E-state index contributed by atoms with van der Waals surface area (Å²) in [4.78, 5) is 21.3. The van der Waals surface area contributed by atoms with E-state index in [9.17, 15) is 9.59 Å². The fourth-order valence-corrected chi connectivity index (χ4v) is 1.44. The minimum atomic E-state index is -0.455. The van der Waals surface area contributed by atoms with Crippen LogP contribution in [0.1, 0.15) is 52.9 Å². The molecule has 5 heteroatoms. The first-order valence-electron chi connectivity index (χ1n) is 7.69. The Balaban J connectivity index is 0. The molecule has 0 saturated heterocycles. The van der Waals surface area contributed by atoms with Crippen LogP contribution >= 0.6 is 0 Å². The summed E-state index contributed by atoms with van der Waals surface area (Å²) in [6.07, 6.45) is 6.72. The average Bonchev–Trinajstić information content (AvgIpc) is 2.51. The highest BCUT2D eigenvalue weighted by Gasteiger charge is 2.09. The normalized spacial score (nSPS) is 10.7. The van der Waals surface area contributed by atoms with E-state index in [1.807, 2.05) is 6.92 Å². The minimum Gasteiger partial charge on any atom is -0.460 e. The van der Waals surface area contributed by atoms with Gasteiger partial charge in [-0.3, -0.25) is 0 Å². The van der Waals surface area contributed by atoms with Crippen LogP contribution in [0, 0.1) is 0 Å². The van der Waals surface area contributed by atoms with Gasteiger partial charge in [0.05, 0.1) is 6.61 Å². The van der Waals surface area contributed by atoms with Gasteiger partial charge < -0.3 is 14.6 Å². The van der Waals surface area contributed by atoms with E-state index in [0.29, 0.717) is 5.57 Å². The number of carbonyl (C=O) groups excluding carboxylic acids is 2. The fourth-order valence-electron chi connectivity index (χ4n) is 1.44. The van der Waals surface area contributed by atoms with Crippen LogP contribution in [0.25, 0.3) is 0 Å². The molecule has 0 heterocycles. The number of ether oxygens (including phenoxy) is 2. The van der Waals surface area contributed by atoms with E-state index in [1.165, 1.54) is 18.9 Å². The number of rotatable bonds is 10. The Morgan fingerprint density at radius 3 is 2.32 bits per heavy atom.